The van der Waals surface area contributed by atoms with Gasteiger partial charge in [-0.2, -0.15) is 9.94 Å². The van der Waals surface area contributed by atoms with E-state index in [1.165, 1.54) is 22.2 Å². The van der Waals surface area contributed by atoms with Gasteiger partial charge in [-0.05, 0) is 18.2 Å². The van der Waals surface area contributed by atoms with E-state index in [4.69, 9.17) is 0 Å². The molecule has 0 saturated carbocycles. The summed E-state index contributed by atoms with van der Waals surface area (Å²) < 4.78 is 1.23. The number of hydrogen-bond donors (Lipinski definition) is 1. The number of carbonyl (C=O) groups excluding carboxylic acids is 1. The Hall–Kier alpha value is -4.04. The molecule has 4 aromatic heterocycles. The van der Waals surface area contributed by atoms with Crippen LogP contribution in [-0.4, -0.2) is 40.8 Å². The summed E-state index contributed by atoms with van der Waals surface area (Å²) >= 11 is 1.22. The van der Waals surface area contributed by atoms with Crippen molar-refractivity contribution in [3.63, 3.8) is 0 Å². The molecule has 4 aromatic rings. The molecule has 0 unspecified atom stereocenters. The predicted molar refractivity (Wildman–Crippen MR) is 95.0 cm³/mol. The third kappa shape index (κ3) is 3.24. The van der Waals surface area contributed by atoms with Crippen molar-refractivity contribution < 1.29 is 4.79 Å². The monoisotopic (exact) mass is 375 g/mol. The first-order valence-electron chi connectivity index (χ1n) is 7.56. The Kier molecular flexibility index (Phi) is 4.30. The highest BCUT2D eigenvalue weighted by atomic mass is 32.1. The molecule has 0 bridgehead atoms. The standard InChI is InChI=1S/C16H9N9OS/c17-7-10-3-1-4-18-13(10)11-9-27-16(22-11)23-14(26)12-8-21-24-25(12)15-19-5-2-6-20-15/h1-6,8-9H,(H,22,23,26). The van der Waals surface area contributed by atoms with Crippen LogP contribution in [0.4, 0.5) is 5.13 Å². The molecule has 1 N–H and O–H groups in total. The van der Waals surface area contributed by atoms with Crippen molar-refractivity contribution in [3.05, 3.63) is 59.6 Å². The normalized spacial score (nSPS) is 10.3. The fraction of sp³-hybridized carbons (Fsp3) is 0. The average molecular weight is 375 g/mol. The molecule has 4 rings (SSSR count). The number of aromatic nitrogens is 7. The van der Waals surface area contributed by atoms with E-state index >= 15 is 0 Å². The first-order chi connectivity index (χ1) is 13.3. The maximum atomic E-state index is 12.6. The van der Waals surface area contributed by atoms with E-state index in [2.05, 4.69) is 41.6 Å². The van der Waals surface area contributed by atoms with Gasteiger partial charge in [-0.3, -0.25) is 15.1 Å². The van der Waals surface area contributed by atoms with E-state index in [1.807, 2.05) is 0 Å². The third-order valence-electron chi connectivity index (χ3n) is 3.42. The van der Waals surface area contributed by atoms with Crippen LogP contribution in [0.15, 0.2) is 48.4 Å². The number of rotatable bonds is 4. The molecule has 0 aliphatic rings. The number of pyridine rings is 1. The molecule has 1 amide bonds. The molecule has 0 aliphatic heterocycles. The lowest BCUT2D eigenvalue weighted by Crippen LogP contribution is -2.18. The van der Waals surface area contributed by atoms with Crippen molar-refractivity contribution in [2.45, 2.75) is 0 Å². The van der Waals surface area contributed by atoms with Crippen molar-refractivity contribution >= 4 is 22.4 Å². The average Bonchev–Trinajstić information content (AvgIpc) is 3.38. The van der Waals surface area contributed by atoms with Gasteiger partial charge < -0.3 is 0 Å². The number of nitriles is 1. The lowest BCUT2D eigenvalue weighted by Gasteiger charge is -2.03. The Morgan fingerprint density at radius 3 is 2.81 bits per heavy atom. The summed E-state index contributed by atoms with van der Waals surface area (Å²) in [6.07, 6.45) is 5.97. The maximum absolute atomic E-state index is 12.6. The quantitative estimate of drug-likeness (QED) is 0.569. The minimum Gasteiger partial charge on any atom is -0.296 e. The van der Waals surface area contributed by atoms with Crippen LogP contribution >= 0.6 is 11.3 Å². The first-order valence-corrected chi connectivity index (χ1v) is 8.44. The summed E-state index contributed by atoms with van der Waals surface area (Å²) in [6, 6.07) is 7.06. The van der Waals surface area contributed by atoms with Crippen LogP contribution in [0, 0.1) is 11.3 Å². The molecular weight excluding hydrogens is 366 g/mol. The van der Waals surface area contributed by atoms with Gasteiger partial charge >= 0.3 is 0 Å². The zero-order valence-corrected chi connectivity index (χ0v) is 14.3. The highest BCUT2D eigenvalue weighted by Crippen LogP contribution is 2.25. The molecule has 11 heteroatoms. The van der Waals surface area contributed by atoms with Gasteiger partial charge in [0, 0.05) is 24.0 Å². The Labute approximate surface area is 156 Å². The van der Waals surface area contributed by atoms with Gasteiger partial charge in [0.15, 0.2) is 10.8 Å². The van der Waals surface area contributed by atoms with E-state index in [-0.39, 0.29) is 11.6 Å². The third-order valence-corrected chi connectivity index (χ3v) is 4.18. The molecule has 0 spiro atoms. The number of amides is 1. The zero-order valence-electron chi connectivity index (χ0n) is 13.5. The topological polar surface area (TPSA) is 135 Å². The summed E-state index contributed by atoms with van der Waals surface area (Å²) in [7, 11) is 0. The predicted octanol–water partition coefficient (Wildman–Crippen LogP) is 1.70. The van der Waals surface area contributed by atoms with E-state index in [0.717, 1.165) is 0 Å². The van der Waals surface area contributed by atoms with Gasteiger partial charge in [-0.15, -0.1) is 16.4 Å². The van der Waals surface area contributed by atoms with Gasteiger partial charge in [0.05, 0.1) is 11.8 Å². The van der Waals surface area contributed by atoms with Gasteiger partial charge in [0.1, 0.15) is 17.5 Å². The zero-order chi connectivity index (χ0) is 18.6. The molecule has 0 saturated heterocycles. The number of thiazole rings is 1. The summed E-state index contributed by atoms with van der Waals surface area (Å²) in [5.41, 5.74) is 1.53. The van der Waals surface area contributed by atoms with Gasteiger partial charge in [0.2, 0.25) is 0 Å². The lowest BCUT2D eigenvalue weighted by atomic mass is 10.2. The van der Waals surface area contributed by atoms with Crippen LogP contribution in [0.5, 0.6) is 0 Å². The van der Waals surface area contributed by atoms with Crippen LogP contribution in [0.2, 0.25) is 0 Å². The SMILES string of the molecule is N#Cc1cccnc1-c1csc(NC(=O)c2cnnn2-c2ncccn2)n1. The van der Waals surface area contributed by atoms with E-state index < -0.39 is 5.91 Å². The molecule has 27 heavy (non-hydrogen) atoms. The molecule has 0 aliphatic carbocycles. The number of carbonyl (C=O) groups is 1. The first kappa shape index (κ1) is 16.4. The minimum absolute atomic E-state index is 0.161. The Balaban J connectivity index is 1.58. The van der Waals surface area contributed by atoms with Gasteiger partial charge in [-0.25, -0.2) is 15.0 Å². The van der Waals surface area contributed by atoms with Crippen LogP contribution < -0.4 is 5.32 Å². The second kappa shape index (κ2) is 7.06. The summed E-state index contributed by atoms with van der Waals surface area (Å²) in [4.78, 5) is 29.2. The maximum Gasteiger partial charge on any atom is 0.277 e. The fourth-order valence-electron chi connectivity index (χ4n) is 2.24. The summed E-state index contributed by atoms with van der Waals surface area (Å²) in [6.45, 7) is 0. The van der Waals surface area contributed by atoms with E-state index in [0.29, 0.717) is 22.1 Å². The number of hydrogen-bond acceptors (Lipinski definition) is 9. The molecule has 0 aromatic carbocycles. The van der Waals surface area contributed by atoms with Gasteiger partial charge in [-0.1, -0.05) is 5.21 Å². The second-order valence-electron chi connectivity index (χ2n) is 5.08. The fourth-order valence-corrected chi connectivity index (χ4v) is 2.93. The Morgan fingerprint density at radius 2 is 2.00 bits per heavy atom. The molecule has 0 radical (unpaired) electrons. The van der Waals surface area contributed by atoms with Crippen molar-refractivity contribution in [1.82, 2.24) is 34.9 Å². The molecule has 10 nitrogen and oxygen atoms in total. The van der Waals surface area contributed by atoms with Crippen LogP contribution in [0.1, 0.15) is 16.1 Å². The van der Waals surface area contributed by atoms with Crippen molar-refractivity contribution in [1.29, 1.82) is 5.26 Å². The molecular formula is C16H9N9OS. The van der Waals surface area contributed by atoms with Crippen molar-refractivity contribution in [2.24, 2.45) is 0 Å². The minimum atomic E-state index is -0.463. The van der Waals surface area contributed by atoms with Crippen LogP contribution in [0.25, 0.3) is 17.3 Å². The number of nitrogens with zero attached hydrogens (tertiary/aromatic N) is 8. The summed E-state index contributed by atoms with van der Waals surface area (Å²) in [5, 5.41) is 21.5. The molecule has 0 atom stereocenters. The largest absolute Gasteiger partial charge is 0.296 e. The Morgan fingerprint density at radius 1 is 1.19 bits per heavy atom. The lowest BCUT2D eigenvalue weighted by molar-refractivity contribution is 0.101. The molecule has 0 fully saturated rings. The van der Waals surface area contributed by atoms with Crippen molar-refractivity contribution in [2.75, 3.05) is 5.32 Å². The smallest absolute Gasteiger partial charge is 0.277 e. The number of anilines is 1. The summed E-state index contributed by atoms with van der Waals surface area (Å²) in [5.74, 6) is -0.234. The van der Waals surface area contributed by atoms with Crippen molar-refractivity contribution in [3.8, 4) is 23.4 Å². The number of nitrogens with one attached hydrogen (secondary N) is 1. The molecule has 4 heterocycles. The van der Waals surface area contributed by atoms with Gasteiger partial charge in [0.25, 0.3) is 11.9 Å². The van der Waals surface area contributed by atoms with E-state index in [1.54, 1.807) is 42.2 Å². The Bertz CT molecular complexity index is 1150. The highest BCUT2D eigenvalue weighted by Gasteiger charge is 2.18. The van der Waals surface area contributed by atoms with Crippen LogP contribution in [0.3, 0.4) is 0 Å². The second-order valence-corrected chi connectivity index (χ2v) is 5.94. The molecule has 130 valence electrons. The van der Waals surface area contributed by atoms with E-state index in [9.17, 15) is 10.1 Å². The van der Waals surface area contributed by atoms with Crippen LogP contribution in [-0.2, 0) is 0 Å². The highest BCUT2D eigenvalue weighted by molar-refractivity contribution is 7.14.